The molecule has 1 fully saturated rings. The van der Waals surface area contributed by atoms with E-state index in [4.69, 9.17) is 9.47 Å². The van der Waals surface area contributed by atoms with Crippen LogP contribution in [0.5, 0.6) is 11.5 Å². The molecule has 0 aliphatic heterocycles. The summed E-state index contributed by atoms with van der Waals surface area (Å²) in [5.74, 6) is 1.05. The van der Waals surface area contributed by atoms with Crippen molar-refractivity contribution in [2.45, 2.75) is 64.6 Å². The van der Waals surface area contributed by atoms with Crippen molar-refractivity contribution in [3.63, 3.8) is 0 Å². The van der Waals surface area contributed by atoms with E-state index in [0.29, 0.717) is 24.7 Å². The number of carbonyl (C=O) groups excluding carboxylic acids is 2. The molecule has 0 unspecified atom stereocenters. The Hall–Kier alpha value is -2.28. The van der Waals surface area contributed by atoms with E-state index in [2.05, 4.69) is 10.6 Å². The lowest BCUT2D eigenvalue weighted by Gasteiger charge is -2.25. The third-order valence-corrected chi connectivity index (χ3v) is 5.18. The van der Waals surface area contributed by atoms with Crippen molar-refractivity contribution in [3.05, 3.63) is 23.8 Å². The average molecular weight is 392 g/mol. The van der Waals surface area contributed by atoms with Gasteiger partial charge in [-0.05, 0) is 51.4 Å². The Balaban J connectivity index is 1.87. The summed E-state index contributed by atoms with van der Waals surface area (Å²) in [6.07, 6.45) is 5.44. The van der Waals surface area contributed by atoms with Crippen LogP contribution in [0, 0.1) is 0 Å². The number of ether oxygens (including phenoxy) is 2. The molecule has 1 atom stereocenters. The Morgan fingerprint density at radius 1 is 1.21 bits per heavy atom. The number of hydrogen-bond acceptors (Lipinski definition) is 5. The maximum absolute atomic E-state index is 12.4. The van der Waals surface area contributed by atoms with Crippen LogP contribution in [0.1, 0.15) is 51.5 Å². The van der Waals surface area contributed by atoms with Gasteiger partial charge in [0, 0.05) is 12.6 Å². The lowest BCUT2D eigenvalue weighted by molar-refractivity contribution is -0.124. The van der Waals surface area contributed by atoms with Gasteiger partial charge in [0.05, 0.1) is 19.8 Å². The molecule has 1 aliphatic carbocycles. The number of benzene rings is 1. The summed E-state index contributed by atoms with van der Waals surface area (Å²) in [7, 11) is 3.46. The van der Waals surface area contributed by atoms with Gasteiger partial charge in [0.25, 0.3) is 0 Å². The van der Waals surface area contributed by atoms with Crippen molar-refractivity contribution in [1.82, 2.24) is 15.5 Å². The molecule has 0 spiro atoms. The smallest absolute Gasteiger partial charge is 0.321 e. The minimum atomic E-state index is -0.449. The standard InChI is InChI=1S/C21H33N3O4/c1-5-28-18-12-11-16(13-19(18)27-4)14-24(3)15(2)20(25)23-21(26)22-17-9-7-6-8-10-17/h11-13,15,17H,5-10,14H2,1-4H3,(H2,22,23,25,26)/t15-/m1/s1. The van der Waals surface area contributed by atoms with Crippen molar-refractivity contribution in [2.24, 2.45) is 0 Å². The fraction of sp³-hybridized carbons (Fsp3) is 0.619. The fourth-order valence-electron chi connectivity index (χ4n) is 3.39. The lowest BCUT2D eigenvalue weighted by Crippen LogP contribution is -2.50. The van der Waals surface area contributed by atoms with Crippen LogP contribution in [0.3, 0.4) is 0 Å². The van der Waals surface area contributed by atoms with E-state index in [-0.39, 0.29) is 11.9 Å². The number of hydrogen-bond donors (Lipinski definition) is 2. The zero-order valence-corrected chi connectivity index (χ0v) is 17.4. The van der Waals surface area contributed by atoms with Gasteiger partial charge in [0.2, 0.25) is 5.91 Å². The van der Waals surface area contributed by atoms with E-state index in [1.807, 2.05) is 37.1 Å². The minimum Gasteiger partial charge on any atom is -0.493 e. The average Bonchev–Trinajstić information content (AvgIpc) is 2.69. The van der Waals surface area contributed by atoms with Gasteiger partial charge < -0.3 is 14.8 Å². The second-order valence-corrected chi connectivity index (χ2v) is 7.31. The number of carbonyl (C=O) groups is 2. The first-order chi connectivity index (χ1) is 13.4. The van der Waals surface area contributed by atoms with E-state index in [0.717, 1.165) is 31.2 Å². The van der Waals surface area contributed by atoms with Crippen molar-refractivity contribution in [1.29, 1.82) is 0 Å². The van der Waals surface area contributed by atoms with Crippen LogP contribution in [0.15, 0.2) is 18.2 Å². The van der Waals surface area contributed by atoms with Crippen LogP contribution in [-0.2, 0) is 11.3 Å². The molecular weight excluding hydrogens is 358 g/mol. The van der Waals surface area contributed by atoms with Gasteiger partial charge >= 0.3 is 6.03 Å². The number of imide groups is 1. The monoisotopic (exact) mass is 391 g/mol. The third-order valence-electron chi connectivity index (χ3n) is 5.18. The van der Waals surface area contributed by atoms with Crippen LogP contribution >= 0.6 is 0 Å². The molecule has 7 heteroatoms. The molecule has 28 heavy (non-hydrogen) atoms. The molecule has 3 amide bonds. The maximum atomic E-state index is 12.4. The van der Waals surface area contributed by atoms with Crippen LogP contribution in [0.4, 0.5) is 4.79 Å². The van der Waals surface area contributed by atoms with E-state index in [9.17, 15) is 9.59 Å². The summed E-state index contributed by atoms with van der Waals surface area (Å²) in [5.41, 5.74) is 0.995. The fourth-order valence-corrected chi connectivity index (χ4v) is 3.39. The molecular formula is C21H33N3O4. The summed E-state index contributed by atoms with van der Waals surface area (Å²) < 4.78 is 10.9. The minimum absolute atomic E-state index is 0.172. The van der Waals surface area contributed by atoms with Crippen LogP contribution in [0.2, 0.25) is 0 Å². The second kappa shape index (κ2) is 10.9. The van der Waals surface area contributed by atoms with E-state index >= 15 is 0 Å². The number of nitrogens with one attached hydrogen (secondary N) is 2. The molecule has 7 nitrogen and oxygen atoms in total. The molecule has 1 saturated carbocycles. The Labute approximate surface area is 167 Å². The number of methoxy groups -OCH3 is 1. The lowest BCUT2D eigenvalue weighted by atomic mass is 9.96. The predicted molar refractivity (Wildman–Crippen MR) is 109 cm³/mol. The quantitative estimate of drug-likeness (QED) is 0.712. The maximum Gasteiger partial charge on any atom is 0.321 e. The molecule has 1 aromatic rings. The van der Waals surface area contributed by atoms with Crippen molar-refractivity contribution in [3.8, 4) is 11.5 Å². The number of rotatable bonds is 8. The first kappa shape index (κ1) is 22.0. The highest BCUT2D eigenvalue weighted by Gasteiger charge is 2.22. The van der Waals surface area contributed by atoms with Gasteiger partial charge in [-0.25, -0.2) is 4.79 Å². The molecule has 1 aromatic carbocycles. The van der Waals surface area contributed by atoms with Gasteiger partial charge in [-0.1, -0.05) is 25.3 Å². The van der Waals surface area contributed by atoms with E-state index in [1.165, 1.54) is 6.42 Å². The number of amides is 3. The normalized spacial score (nSPS) is 15.8. The topological polar surface area (TPSA) is 79.9 Å². The van der Waals surface area contributed by atoms with Gasteiger partial charge in [-0.3, -0.25) is 15.0 Å². The van der Waals surface area contributed by atoms with Gasteiger partial charge in [-0.2, -0.15) is 0 Å². The summed E-state index contributed by atoms with van der Waals surface area (Å²) >= 11 is 0. The highest BCUT2D eigenvalue weighted by Crippen LogP contribution is 2.28. The Kier molecular flexibility index (Phi) is 8.57. The van der Waals surface area contributed by atoms with Crippen LogP contribution in [0.25, 0.3) is 0 Å². The molecule has 1 aliphatic rings. The first-order valence-corrected chi connectivity index (χ1v) is 10.1. The van der Waals surface area contributed by atoms with Gasteiger partial charge in [0.15, 0.2) is 11.5 Å². The number of likely N-dealkylation sites (N-methyl/N-ethyl adjacent to an activating group) is 1. The molecule has 0 bridgehead atoms. The Bertz CT molecular complexity index is 659. The molecule has 0 saturated heterocycles. The van der Waals surface area contributed by atoms with Crippen molar-refractivity contribution in [2.75, 3.05) is 20.8 Å². The Morgan fingerprint density at radius 3 is 2.57 bits per heavy atom. The van der Waals surface area contributed by atoms with E-state index < -0.39 is 12.1 Å². The number of nitrogens with zero attached hydrogens (tertiary/aromatic N) is 1. The highest BCUT2D eigenvalue weighted by atomic mass is 16.5. The Morgan fingerprint density at radius 2 is 1.93 bits per heavy atom. The zero-order valence-electron chi connectivity index (χ0n) is 17.4. The highest BCUT2D eigenvalue weighted by molar-refractivity contribution is 5.96. The zero-order chi connectivity index (χ0) is 20.5. The first-order valence-electron chi connectivity index (χ1n) is 10.1. The summed E-state index contributed by atoms with van der Waals surface area (Å²) in [5, 5.41) is 5.37. The molecule has 2 N–H and O–H groups in total. The molecule has 156 valence electrons. The molecule has 0 heterocycles. The van der Waals surface area contributed by atoms with Crippen LogP contribution in [-0.4, -0.2) is 49.7 Å². The summed E-state index contributed by atoms with van der Waals surface area (Å²) in [6, 6.07) is 5.04. The number of urea groups is 1. The van der Waals surface area contributed by atoms with Gasteiger partial charge in [0.1, 0.15) is 0 Å². The predicted octanol–water partition coefficient (Wildman–Crippen LogP) is 3.07. The largest absolute Gasteiger partial charge is 0.493 e. The SMILES string of the molecule is CCOc1ccc(CN(C)[C@H](C)C(=O)NC(=O)NC2CCCCC2)cc1OC. The molecule has 0 aromatic heterocycles. The van der Waals surface area contributed by atoms with Gasteiger partial charge in [-0.15, -0.1) is 0 Å². The third kappa shape index (κ3) is 6.41. The second-order valence-electron chi connectivity index (χ2n) is 7.31. The molecule has 2 rings (SSSR count). The van der Waals surface area contributed by atoms with Crippen molar-refractivity contribution >= 4 is 11.9 Å². The summed E-state index contributed by atoms with van der Waals surface area (Å²) in [4.78, 5) is 26.4. The molecule has 0 radical (unpaired) electrons. The van der Waals surface area contributed by atoms with Crippen molar-refractivity contribution < 1.29 is 19.1 Å². The van der Waals surface area contributed by atoms with E-state index in [1.54, 1.807) is 14.0 Å². The summed E-state index contributed by atoms with van der Waals surface area (Å²) in [6.45, 7) is 4.82. The van der Waals surface area contributed by atoms with Crippen LogP contribution < -0.4 is 20.1 Å².